The highest BCUT2D eigenvalue weighted by atomic mass is 16.6. The Kier molecular flexibility index (Phi) is 7.78. The number of ether oxygens (including phenoxy) is 2. The zero-order valence-corrected chi connectivity index (χ0v) is 24.8. The Morgan fingerprint density at radius 2 is 1.83 bits per heavy atom. The number of nitrogens with one attached hydrogen (secondary N) is 2. The maximum atomic E-state index is 14.3. The molecule has 1 saturated carbocycles. The summed E-state index contributed by atoms with van der Waals surface area (Å²) < 4.78 is 11.1. The molecule has 1 spiro atoms. The van der Waals surface area contributed by atoms with Crippen molar-refractivity contribution in [3.63, 3.8) is 0 Å². The molecule has 1 aromatic carbocycles. The summed E-state index contributed by atoms with van der Waals surface area (Å²) in [6, 6.07) is 9.42. The van der Waals surface area contributed by atoms with Crippen LogP contribution in [0.15, 0.2) is 30.3 Å². The summed E-state index contributed by atoms with van der Waals surface area (Å²) in [6.45, 7) is 7.75. The number of amides is 3. The maximum Gasteiger partial charge on any atom is 0.408 e. The standard InChI is InChI=1S/C32H46N4O5/c1-31(2,3)41-30(39)34-26-11-9-23(33-19-25-13-16-40-25)17-24-10-12-27(36(24)28(26)37)29(38)35-20-22(18-32(35)14-15-32)21-7-5-4-6-8-21/h4-8,22-27,33H,9-20H2,1-3H3,(H,34,39)/t22-,23+,24-,25-,26+,27+/m1/s1. The summed E-state index contributed by atoms with van der Waals surface area (Å²) in [7, 11) is 0. The molecule has 224 valence electrons. The first-order valence-corrected chi connectivity index (χ1v) is 15.6. The number of nitrogens with zero attached hydrogens (tertiary/aromatic N) is 2. The lowest BCUT2D eigenvalue weighted by molar-refractivity contribution is -0.148. The van der Waals surface area contributed by atoms with Crippen molar-refractivity contribution in [2.24, 2.45) is 0 Å². The van der Waals surface area contributed by atoms with Crippen LogP contribution in [0.4, 0.5) is 4.79 Å². The zero-order chi connectivity index (χ0) is 28.8. The highest BCUT2D eigenvalue weighted by Crippen LogP contribution is 2.54. The molecule has 6 rings (SSSR count). The van der Waals surface area contributed by atoms with Crippen molar-refractivity contribution < 1.29 is 23.9 Å². The fraction of sp³-hybridized carbons (Fsp3) is 0.719. The number of benzene rings is 1. The average molecular weight is 567 g/mol. The van der Waals surface area contributed by atoms with E-state index in [1.54, 1.807) is 0 Å². The molecule has 4 aliphatic heterocycles. The minimum atomic E-state index is -0.726. The van der Waals surface area contributed by atoms with Crippen LogP contribution >= 0.6 is 0 Å². The number of rotatable bonds is 6. The minimum absolute atomic E-state index is 0.0397. The van der Waals surface area contributed by atoms with E-state index in [0.717, 1.165) is 58.1 Å². The van der Waals surface area contributed by atoms with Crippen molar-refractivity contribution in [2.45, 2.75) is 126 Å². The van der Waals surface area contributed by atoms with Crippen LogP contribution in [0, 0.1) is 0 Å². The normalized spacial score (nSPS) is 32.6. The molecule has 9 nitrogen and oxygen atoms in total. The number of likely N-dealkylation sites (tertiary alicyclic amines) is 1. The molecule has 4 saturated heterocycles. The highest BCUT2D eigenvalue weighted by Gasteiger charge is 2.58. The summed E-state index contributed by atoms with van der Waals surface area (Å²) >= 11 is 0. The van der Waals surface area contributed by atoms with Gasteiger partial charge in [0.05, 0.1) is 6.10 Å². The van der Waals surface area contributed by atoms with Gasteiger partial charge in [-0.05, 0) is 84.1 Å². The van der Waals surface area contributed by atoms with Crippen LogP contribution in [0.1, 0.15) is 90.0 Å². The second-order valence-electron chi connectivity index (χ2n) is 13.9. The third kappa shape index (κ3) is 6.12. The molecule has 2 N–H and O–H groups in total. The van der Waals surface area contributed by atoms with E-state index in [4.69, 9.17) is 9.47 Å². The molecule has 5 fully saturated rings. The Morgan fingerprint density at radius 3 is 2.49 bits per heavy atom. The van der Waals surface area contributed by atoms with Crippen molar-refractivity contribution in [3.8, 4) is 0 Å². The SMILES string of the molecule is CC(C)(C)OC(=O)N[C@H]1CC[C@H](NC[C@H]2CCO2)C[C@H]2CC[C@@H](C(=O)N3C[C@H](c4ccccc4)CC34CC4)N2C1=O. The molecule has 3 amide bonds. The van der Waals surface area contributed by atoms with Gasteiger partial charge >= 0.3 is 6.09 Å². The largest absolute Gasteiger partial charge is 0.444 e. The van der Waals surface area contributed by atoms with E-state index >= 15 is 0 Å². The molecule has 1 aromatic rings. The molecule has 9 heteroatoms. The van der Waals surface area contributed by atoms with Gasteiger partial charge in [-0.1, -0.05) is 30.3 Å². The average Bonchev–Trinajstić information content (AvgIpc) is 3.38. The number of alkyl carbamates (subject to hydrolysis) is 1. The van der Waals surface area contributed by atoms with Gasteiger partial charge in [0.25, 0.3) is 0 Å². The van der Waals surface area contributed by atoms with Gasteiger partial charge in [-0.2, -0.15) is 0 Å². The molecule has 5 aliphatic rings. The fourth-order valence-electron chi connectivity index (χ4n) is 7.44. The molecule has 1 aliphatic carbocycles. The summed E-state index contributed by atoms with van der Waals surface area (Å²) in [5.74, 6) is 0.258. The monoisotopic (exact) mass is 566 g/mol. The van der Waals surface area contributed by atoms with Gasteiger partial charge < -0.3 is 29.9 Å². The minimum Gasteiger partial charge on any atom is -0.444 e. The van der Waals surface area contributed by atoms with Crippen LogP contribution in [0.25, 0.3) is 0 Å². The quantitative estimate of drug-likeness (QED) is 0.545. The van der Waals surface area contributed by atoms with Gasteiger partial charge in [-0.25, -0.2) is 4.79 Å². The lowest BCUT2D eigenvalue weighted by atomic mass is 9.94. The van der Waals surface area contributed by atoms with Crippen LogP contribution in [-0.2, 0) is 19.1 Å². The van der Waals surface area contributed by atoms with Gasteiger partial charge in [0, 0.05) is 43.2 Å². The van der Waals surface area contributed by atoms with Crippen LogP contribution in [-0.4, -0.2) is 88.8 Å². The molecule has 0 bridgehead atoms. The third-order valence-corrected chi connectivity index (χ3v) is 9.79. The second-order valence-corrected chi connectivity index (χ2v) is 13.9. The molecule has 4 heterocycles. The van der Waals surface area contributed by atoms with E-state index in [0.29, 0.717) is 25.3 Å². The Bertz CT molecular complexity index is 1130. The van der Waals surface area contributed by atoms with Crippen molar-refractivity contribution in [1.29, 1.82) is 0 Å². The Hall–Kier alpha value is -2.65. The van der Waals surface area contributed by atoms with Gasteiger partial charge in [0.2, 0.25) is 11.8 Å². The van der Waals surface area contributed by atoms with Crippen LogP contribution in [0.3, 0.4) is 0 Å². The zero-order valence-electron chi connectivity index (χ0n) is 24.8. The third-order valence-electron chi connectivity index (χ3n) is 9.79. The molecule has 0 aromatic heterocycles. The summed E-state index contributed by atoms with van der Waals surface area (Å²) in [5.41, 5.74) is 0.550. The van der Waals surface area contributed by atoms with Gasteiger partial charge in [-0.15, -0.1) is 0 Å². The predicted molar refractivity (Wildman–Crippen MR) is 154 cm³/mol. The van der Waals surface area contributed by atoms with E-state index in [2.05, 4.69) is 39.8 Å². The molecule has 0 radical (unpaired) electrons. The van der Waals surface area contributed by atoms with Crippen LogP contribution in [0.5, 0.6) is 0 Å². The Morgan fingerprint density at radius 1 is 1.07 bits per heavy atom. The second kappa shape index (κ2) is 11.2. The Balaban J connectivity index is 1.21. The van der Waals surface area contributed by atoms with Crippen LogP contribution in [0.2, 0.25) is 0 Å². The van der Waals surface area contributed by atoms with Gasteiger partial charge in [-0.3, -0.25) is 9.59 Å². The molecular weight excluding hydrogens is 520 g/mol. The predicted octanol–water partition coefficient (Wildman–Crippen LogP) is 3.72. The van der Waals surface area contributed by atoms with E-state index in [1.807, 2.05) is 31.7 Å². The number of hydrogen-bond acceptors (Lipinski definition) is 6. The Labute approximate surface area is 243 Å². The molecular formula is C32H46N4O5. The first kappa shape index (κ1) is 28.5. The summed E-state index contributed by atoms with van der Waals surface area (Å²) in [5, 5.41) is 6.54. The van der Waals surface area contributed by atoms with Crippen molar-refractivity contribution in [2.75, 3.05) is 19.7 Å². The lowest BCUT2D eigenvalue weighted by Crippen LogP contribution is -2.59. The van der Waals surface area contributed by atoms with Crippen LogP contribution < -0.4 is 10.6 Å². The van der Waals surface area contributed by atoms with Crippen molar-refractivity contribution >= 4 is 17.9 Å². The maximum absolute atomic E-state index is 14.3. The summed E-state index contributed by atoms with van der Waals surface area (Å²) in [4.78, 5) is 45.2. The smallest absolute Gasteiger partial charge is 0.408 e. The molecule has 0 unspecified atom stereocenters. The molecule has 6 atom stereocenters. The fourth-order valence-corrected chi connectivity index (χ4v) is 7.44. The number of carbonyl (C=O) groups is 3. The highest BCUT2D eigenvalue weighted by molar-refractivity contribution is 5.93. The van der Waals surface area contributed by atoms with E-state index in [-0.39, 0.29) is 35.5 Å². The van der Waals surface area contributed by atoms with Gasteiger partial charge in [0.15, 0.2) is 0 Å². The lowest BCUT2D eigenvalue weighted by Gasteiger charge is -2.40. The van der Waals surface area contributed by atoms with Gasteiger partial charge in [0.1, 0.15) is 17.7 Å². The topological polar surface area (TPSA) is 100 Å². The van der Waals surface area contributed by atoms with E-state index in [1.165, 1.54) is 5.56 Å². The number of carbonyl (C=O) groups excluding carboxylic acids is 3. The van der Waals surface area contributed by atoms with E-state index in [9.17, 15) is 14.4 Å². The first-order valence-electron chi connectivity index (χ1n) is 15.6. The molecule has 41 heavy (non-hydrogen) atoms. The van der Waals surface area contributed by atoms with E-state index < -0.39 is 23.8 Å². The first-order chi connectivity index (χ1) is 19.6. The number of hydrogen-bond donors (Lipinski definition) is 2. The van der Waals surface area contributed by atoms with Crippen molar-refractivity contribution in [1.82, 2.24) is 20.4 Å². The summed E-state index contributed by atoms with van der Waals surface area (Å²) in [6.07, 6.45) is 7.29. The number of fused-ring (bicyclic) bond motifs is 1. The van der Waals surface area contributed by atoms with Crippen molar-refractivity contribution in [3.05, 3.63) is 35.9 Å².